The molecule has 1 aromatic heterocycles. The summed E-state index contributed by atoms with van der Waals surface area (Å²) in [6.07, 6.45) is 1.65. The van der Waals surface area contributed by atoms with Crippen molar-refractivity contribution < 1.29 is 4.92 Å². The molecule has 0 saturated carbocycles. The van der Waals surface area contributed by atoms with Crippen LogP contribution in [0.2, 0.25) is 0 Å². The minimum absolute atomic E-state index is 0.0724. The van der Waals surface area contributed by atoms with Gasteiger partial charge in [0, 0.05) is 23.6 Å². The first-order valence-corrected chi connectivity index (χ1v) is 7.42. The molecule has 3 aromatic rings. The van der Waals surface area contributed by atoms with E-state index >= 15 is 0 Å². The van der Waals surface area contributed by atoms with E-state index in [-0.39, 0.29) is 17.9 Å². The summed E-state index contributed by atoms with van der Waals surface area (Å²) in [6, 6.07) is 13.9. The molecule has 2 aromatic carbocycles. The van der Waals surface area contributed by atoms with Gasteiger partial charge in [-0.05, 0) is 13.1 Å². The van der Waals surface area contributed by atoms with E-state index in [1.807, 2.05) is 23.1 Å². The molecule has 0 aliphatic carbocycles. The Labute approximate surface area is 137 Å². The second-order valence-corrected chi connectivity index (χ2v) is 5.58. The Morgan fingerprint density at radius 3 is 2.67 bits per heavy atom. The fraction of sp³-hybridized carbons (Fsp3) is 0.176. The zero-order chi connectivity index (χ0) is 17.1. The lowest BCUT2D eigenvalue weighted by Gasteiger charge is -2.17. The molecule has 3 rings (SSSR count). The van der Waals surface area contributed by atoms with Gasteiger partial charge in [0.2, 0.25) is 0 Å². The molecule has 0 saturated heterocycles. The highest BCUT2D eigenvalue weighted by Gasteiger charge is 2.14. The predicted molar refractivity (Wildman–Crippen MR) is 90.6 cm³/mol. The fourth-order valence-electron chi connectivity index (χ4n) is 2.62. The van der Waals surface area contributed by atoms with Gasteiger partial charge in [0.15, 0.2) is 0 Å². The third kappa shape index (κ3) is 3.16. The van der Waals surface area contributed by atoms with Gasteiger partial charge < -0.3 is 0 Å². The smallest absolute Gasteiger partial charge is 0.275 e. The molecule has 122 valence electrons. The van der Waals surface area contributed by atoms with E-state index in [4.69, 9.17) is 0 Å². The van der Waals surface area contributed by atoms with E-state index in [1.165, 1.54) is 10.7 Å². The number of nitro groups is 1. The first-order chi connectivity index (χ1) is 11.6. The van der Waals surface area contributed by atoms with Crippen molar-refractivity contribution in [2.75, 3.05) is 7.05 Å². The molecule has 0 aliphatic heterocycles. The maximum absolute atomic E-state index is 12.5. The normalized spacial score (nSPS) is 11.1. The lowest BCUT2D eigenvalue weighted by Crippen LogP contribution is -2.31. The molecule has 7 heteroatoms. The van der Waals surface area contributed by atoms with Crippen LogP contribution in [0.4, 0.5) is 5.69 Å². The summed E-state index contributed by atoms with van der Waals surface area (Å²) in [6.45, 7) is 0.591. The number of nitrogens with zero attached hydrogens (tertiary/aromatic N) is 4. The highest BCUT2D eigenvalue weighted by Crippen LogP contribution is 2.19. The maximum Gasteiger partial charge on any atom is 0.275 e. The van der Waals surface area contributed by atoms with Crippen LogP contribution >= 0.6 is 0 Å². The van der Waals surface area contributed by atoms with Crippen molar-refractivity contribution in [1.82, 2.24) is 14.7 Å². The van der Waals surface area contributed by atoms with Crippen LogP contribution in [0.5, 0.6) is 0 Å². The van der Waals surface area contributed by atoms with Crippen molar-refractivity contribution in [3.8, 4) is 0 Å². The quantitative estimate of drug-likeness (QED) is 0.532. The SMILES string of the molecule is CN(Cc1ccccc1[N+](=O)[O-])Cn1ncc2ccccc2c1=O. The lowest BCUT2D eigenvalue weighted by molar-refractivity contribution is -0.385. The summed E-state index contributed by atoms with van der Waals surface area (Å²) in [5.41, 5.74) is 0.490. The third-order valence-electron chi connectivity index (χ3n) is 3.77. The van der Waals surface area contributed by atoms with Gasteiger partial charge in [0.05, 0.1) is 23.2 Å². The van der Waals surface area contributed by atoms with Crippen LogP contribution in [0.1, 0.15) is 5.56 Å². The summed E-state index contributed by atoms with van der Waals surface area (Å²) >= 11 is 0. The number of benzene rings is 2. The number of hydrogen-bond donors (Lipinski definition) is 0. The van der Waals surface area contributed by atoms with Crippen LogP contribution in [0, 0.1) is 10.1 Å². The van der Waals surface area contributed by atoms with Crippen molar-refractivity contribution in [1.29, 1.82) is 0 Å². The summed E-state index contributed by atoms with van der Waals surface area (Å²) in [7, 11) is 1.79. The van der Waals surface area contributed by atoms with Crippen molar-refractivity contribution >= 4 is 16.5 Å². The molecule has 7 nitrogen and oxygen atoms in total. The minimum atomic E-state index is -0.399. The molecular weight excluding hydrogens is 308 g/mol. The van der Waals surface area contributed by atoms with Gasteiger partial charge in [0.1, 0.15) is 0 Å². The van der Waals surface area contributed by atoms with E-state index in [0.29, 0.717) is 17.5 Å². The minimum Gasteiger partial charge on any atom is -0.283 e. The second-order valence-electron chi connectivity index (χ2n) is 5.58. The summed E-state index contributed by atoms with van der Waals surface area (Å²) in [4.78, 5) is 25.0. The van der Waals surface area contributed by atoms with E-state index in [1.54, 1.807) is 37.5 Å². The number of fused-ring (bicyclic) bond motifs is 1. The lowest BCUT2D eigenvalue weighted by atomic mass is 10.2. The fourth-order valence-corrected chi connectivity index (χ4v) is 2.62. The van der Waals surface area contributed by atoms with E-state index < -0.39 is 4.92 Å². The molecular formula is C17H16N4O3. The van der Waals surface area contributed by atoms with Crippen molar-refractivity contribution in [2.24, 2.45) is 0 Å². The average molecular weight is 324 g/mol. The van der Waals surface area contributed by atoms with Crippen molar-refractivity contribution in [2.45, 2.75) is 13.2 Å². The van der Waals surface area contributed by atoms with Crippen LogP contribution < -0.4 is 5.56 Å². The van der Waals surface area contributed by atoms with E-state index in [0.717, 1.165) is 5.39 Å². The highest BCUT2D eigenvalue weighted by molar-refractivity contribution is 5.80. The van der Waals surface area contributed by atoms with Crippen LogP contribution in [-0.4, -0.2) is 26.7 Å². The number of rotatable bonds is 5. The molecule has 0 radical (unpaired) electrons. The molecule has 0 fully saturated rings. The van der Waals surface area contributed by atoms with Gasteiger partial charge >= 0.3 is 0 Å². The monoisotopic (exact) mass is 324 g/mol. The molecule has 0 bridgehead atoms. The largest absolute Gasteiger partial charge is 0.283 e. The Morgan fingerprint density at radius 1 is 1.17 bits per heavy atom. The zero-order valence-corrected chi connectivity index (χ0v) is 13.1. The van der Waals surface area contributed by atoms with Gasteiger partial charge in [-0.25, -0.2) is 4.68 Å². The standard InChI is InChI=1S/C17H16N4O3/c1-19(11-14-7-3-5-9-16(14)21(23)24)12-20-17(22)15-8-4-2-6-13(15)10-18-20/h2-10H,11-12H2,1H3. The van der Waals surface area contributed by atoms with Crippen molar-refractivity contribution in [3.63, 3.8) is 0 Å². The number of nitro benzene ring substituents is 1. The number of aromatic nitrogens is 2. The van der Waals surface area contributed by atoms with Gasteiger partial charge in [-0.15, -0.1) is 0 Å². The van der Waals surface area contributed by atoms with E-state index in [2.05, 4.69) is 5.10 Å². The third-order valence-corrected chi connectivity index (χ3v) is 3.77. The Morgan fingerprint density at radius 2 is 1.88 bits per heavy atom. The Hall–Kier alpha value is -3.06. The van der Waals surface area contributed by atoms with Crippen LogP contribution in [-0.2, 0) is 13.2 Å². The first kappa shape index (κ1) is 15.8. The Kier molecular flexibility index (Phi) is 4.35. The second kappa shape index (κ2) is 6.59. The molecule has 0 N–H and O–H groups in total. The maximum atomic E-state index is 12.5. The highest BCUT2D eigenvalue weighted by atomic mass is 16.6. The Balaban J connectivity index is 1.83. The molecule has 1 heterocycles. The Bertz CT molecular complexity index is 952. The number of para-hydroxylation sites is 1. The summed E-state index contributed by atoms with van der Waals surface area (Å²) in [5, 5.41) is 16.7. The first-order valence-electron chi connectivity index (χ1n) is 7.42. The van der Waals surface area contributed by atoms with E-state index in [9.17, 15) is 14.9 Å². The topological polar surface area (TPSA) is 81.3 Å². The molecule has 0 amide bonds. The molecule has 0 spiro atoms. The van der Waals surface area contributed by atoms with Crippen LogP contribution in [0.15, 0.2) is 59.5 Å². The molecule has 0 unspecified atom stereocenters. The average Bonchev–Trinajstić information content (AvgIpc) is 2.58. The summed E-state index contributed by atoms with van der Waals surface area (Å²) in [5.74, 6) is 0. The van der Waals surface area contributed by atoms with Gasteiger partial charge in [-0.1, -0.05) is 36.4 Å². The van der Waals surface area contributed by atoms with Crippen molar-refractivity contribution in [3.05, 3.63) is 80.8 Å². The zero-order valence-electron chi connectivity index (χ0n) is 13.1. The van der Waals surface area contributed by atoms with Gasteiger partial charge in [-0.2, -0.15) is 5.10 Å². The van der Waals surface area contributed by atoms with Gasteiger partial charge in [-0.3, -0.25) is 19.8 Å². The summed E-state index contributed by atoms with van der Waals surface area (Å²) < 4.78 is 1.36. The van der Waals surface area contributed by atoms with Crippen LogP contribution in [0.25, 0.3) is 10.8 Å². The molecule has 0 atom stereocenters. The predicted octanol–water partition coefficient (Wildman–Crippen LogP) is 2.39. The molecule has 0 aliphatic rings. The van der Waals surface area contributed by atoms with Gasteiger partial charge in [0.25, 0.3) is 11.2 Å². The number of hydrogen-bond acceptors (Lipinski definition) is 5. The molecule has 24 heavy (non-hydrogen) atoms. The van der Waals surface area contributed by atoms with Crippen LogP contribution in [0.3, 0.4) is 0 Å².